The standard InChI is InChI=1S/C21H22N6O2/c22-20(28)16-8-9-19(26-10-4-5-11-26)17(12-16)23-21(29)18-14-27(25-24-18)13-15-6-2-1-3-7-15/h1-3,6-9,12,14H,4-5,10-11,13H2,(H2,22,28)(H,23,29). The van der Waals surface area contributed by atoms with Crippen molar-refractivity contribution in [1.82, 2.24) is 15.0 Å². The summed E-state index contributed by atoms with van der Waals surface area (Å²) in [5, 5.41) is 10.9. The molecule has 2 amide bonds. The van der Waals surface area contributed by atoms with Gasteiger partial charge in [-0.3, -0.25) is 9.59 Å². The fraction of sp³-hybridized carbons (Fsp3) is 0.238. The lowest BCUT2D eigenvalue weighted by Gasteiger charge is -2.22. The third-order valence-electron chi connectivity index (χ3n) is 4.93. The van der Waals surface area contributed by atoms with Gasteiger partial charge in [0.25, 0.3) is 5.91 Å². The van der Waals surface area contributed by atoms with Gasteiger partial charge in [-0.15, -0.1) is 5.10 Å². The van der Waals surface area contributed by atoms with Gasteiger partial charge in [-0.2, -0.15) is 0 Å². The highest BCUT2D eigenvalue weighted by Gasteiger charge is 2.20. The molecule has 1 aliphatic rings. The van der Waals surface area contributed by atoms with Crippen LogP contribution in [0, 0.1) is 0 Å². The zero-order valence-electron chi connectivity index (χ0n) is 15.9. The van der Waals surface area contributed by atoms with Gasteiger partial charge in [0.2, 0.25) is 5.91 Å². The Bertz CT molecular complexity index is 1020. The second kappa shape index (κ2) is 8.14. The van der Waals surface area contributed by atoms with Crippen molar-refractivity contribution in [1.29, 1.82) is 0 Å². The Hall–Kier alpha value is -3.68. The Morgan fingerprint density at radius 3 is 2.55 bits per heavy atom. The molecule has 1 fully saturated rings. The van der Waals surface area contributed by atoms with Crippen molar-refractivity contribution in [2.75, 3.05) is 23.3 Å². The first kappa shape index (κ1) is 18.7. The first-order valence-corrected chi connectivity index (χ1v) is 9.54. The van der Waals surface area contributed by atoms with Crippen LogP contribution in [0.5, 0.6) is 0 Å². The average molecular weight is 390 g/mol. The number of hydrogen-bond donors (Lipinski definition) is 2. The van der Waals surface area contributed by atoms with E-state index in [0.717, 1.165) is 37.2 Å². The van der Waals surface area contributed by atoms with Crippen LogP contribution in [-0.4, -0.2) is 39.9 Å². The molecule has 3 N–H and O–H groups in total. The summed E-state index contributed by atoms with van der Waals surface area (Å²) in [6, 6.07) is 14.9. The molecule has 0 unspecified atom stereocenters. The quantitative estimate of drug-likeness (QED) is 0.672. The molecule has 0 bridgehead atoms. The summed E-state index contributed by atoms with van der Waals surface area (Å²) in [6.45, 7) is 2.34. The number of aromatic nitrogens is 3. The van der Waals surface area contributed by atoms with Crippen LogP contribution in [0.25, 0.3) is 0 Å². The number of nitrogens with one attached hydrogen (secondary N) is 1. The third kappa shape index (κ3) is 4.26. The second-order valence-electron chi connectivity index (χ2n) is 7.03. The van der Waals surface area contributed by atoms with Gasteiger partial charge >= 0.3 is 0 Å². The van der Waals surface area contributed by atoms with Crippen molar-refractivity contribution in [2.24, 2.45) is 5.73 Å². The van der Waals surface area contributed by atoms with E-state index in [9.17, 15) is 9.59 Å². The number of rotatable bonds is 6. The maximum atomic E-state index is 12.8. The Labute approximate surface area is 168 Å². The van der Waals surface area contributed by atoms with Crippen molar-refractivity contribution in [3.05, 3.63) is 71.5 Å². The molecule has 0 spiro atoms. The molecule has 148 valence electrons. The topological polar surface area (TPSA) is 106 Å². The number of primary amides is 1. The summed E-state index contributed by atoms with van der Waals surface area (Å²) in [5.41, 5.74) is 8.45. The minimum atomic E-state index is -0.540. The van der Waals surface area contributed by atoms with Crippen LogP contribution >= 0.6 is 0 Å². The number of carbonyl (C=O) groups is 2. The van der Waals surface area contributed by atoms with E-state index >= 15 is 0 Å². The number of hydrogen-bond acceptors (Lipinski definition) is 5. The monoisotopic (exact) mass is 390 g/mol. The van der Waals surface area contributed by atoms with Gasteiger partial charge in [-0.25, -0.2) is 4.68 Å². The molecule has 1 aliphatic heterocycles. The van der Waals surface area contributed by atoms with E-state index in [1.165, 1.54) is 0 Å². The number of carbonyl (C=O) groups excluding carboxylic acids is 2. The van der Waals surface area contributed by atoms with Gasteiger partial charge in [0.15, 0.2) is 5.69 Å². The predicted molar refractivity (Wildman–Crippen MR) is 110 cm³/mol. The van der Waals surface area contributed by atoms with Crippen LogP contribution in [0.2, 0.25) is 0 Å². The summed E-state index contributed by atoms with van der Waals surface area (Å²) >= 11 is 0. The Kier molecular flexibility index (Phi) is 5.24. The Morgan fingerprint density at radius 2 is 1.83 bits per heavy atom. The predicted octanol–water partition coefficient (Wildman–Crippen LogP) is 2.28. The van der Waals surface area contributed by atoms with Gasteiger partial charge in [-0.1, -0.05) is 35.5 Å². The van der Waals surface area contributed by atoms with E-state index in [1.807, 2.05) is 36.4 Å². The Balaban J connectivity index is 1.54. The molecule has 8 heteroatoms. The molecule has 4 rings (SSSR count). The SMILES string of the molecule is NC(=O)c1ccc(N2CCCC2)c(NC(=O)c2cn(Cc3ccccc3)nn2)c1. The fourth-order valence-corrected chi connectivity index (χ4v) is 3.46. The average Bonchev–Trinajstić information content (AvgIpc) is 3.41. The van der Waals surface area contributed by atoms with E-state index in [-0.39, 0.29) is 11.6 Å². The van der Waals surface area contributed by atoms with Crippen molar-refractivity contribution >= 4 is 23.2 Å². The summed E-state index contributed by atoms with van der Waals surface area (Å²) in [6.07, 6.45) is 3.80. The molecule has 2 aromatic carbocycles. The molecule has 0 atom stereocenters. The molecule has 1 aromatic heterocycles. The highest BCUT2D eigenvalue weighted by Crippen LogP contribution is 2.30. The summed E-state index contributed by atoms with van der Waals surface area (Å²) < 4.78 is 1.62. The molecule has 0 saturated carbocycles. The van der Waals surface area contributed by atoms with Crippen LogP contribution < -0.4 is 16.0 Å². The van der Waals surface area contributed by atoms with E-state index in [0.29, 0.717) is 17.8 Å². The molecular weight excluding hydrogens is 368 g/mol. The fourth-order valence-electron chi connectivity index (χ4n) is 3.46. The van der Waals surface area contributed by atoms with Crippen LogP contribution in [-0.2, 0) is 6.54 Å². The van der Waals surface area contributed by atoms with Crippen LogP contribution in [0.4, 0.5) is 11.4 Å². The lowest BCUT2D eigenvalue weighted by Crippen LogP contribution is -2.22. The number of nitrogens with two attached hydrogens (primary N) is 1. The summed E-state index contributed by atoms with van der Waals surface area (Å²) in [5.74, 6) is -0.923. The van der Waals surface area contributed by atoms with Crippen molar-refractivity contribution in [3.8, 4) is 0 Å². The van der Waals surface area contributed by atoms with Crippen LogP contribution in [0.15, 0.2) is 54.7 Å². The molecule has 29 heavy (non-hydrogen) atoms. The van der Waals surface area contributed by atoms with Gasteiger partial charge in [0, 0.05) is 18.7 Å². The molecule has 8 nitrogen and oxygen atoms in total. The number of anilines is 2. The summed E-state index contributed by atoms with van der Waals surface area (Å²) in [7, 11) is 0. The van der Waals surface area contributed by atoms with E-state index < -0.39 is 5.91 Å². The van der Waals surface area contributed by atoms with Gasteiger partial charge in [-0.05, 0) is 36.6 Å². The van der Waals surface area contributed by atoms with Crippen molar-refractivity contribution in [2.45, 2.75) is 19.4 Å². The second-order valence-corrected chi connectivity index (χ2v) is 7.03. The first-order valence-electron chi connectivity index (χ1n) is 9.54. The third-order valence-corrected chi connectivity index (χ3v) is 4.93. The molecule has 1 saturated heterocycles. The first-order chi connectivity index (χ1) is 14.1. The maximum absolute atomic E-state index is 12.8. The van der Waals surface area contributed by atoms with Crippen molar-refractivity contribution < 1.29 is 9.59 Å². The minimum absolute atomic E-state index is 0.206. The van der Waals surface area contributed by atoms with Crippen LogP contribution in [0.3, 0.4) is 0 Å². The van der Waals surface area contributed by atoms with Gasteiger partial charge < -0.3 is 16.0 Å². The minimum Gasteiger partial charge on any atom is -0.370 e. The molecule has 3 aromatic rings. The van der Waals surface area contributed by atoms with E-state index in [2.05, 4.69) is 20.5 Å². The molecule has 0 radical (unpaired) electrons. The van der Waals surface area contributed by atoms with E-state index in [1.54, 1.807) is 23.0 Å². The smallest absolute Gasteiger partial charge is 0.277 e. The Morgan fingerprint density at radius 1 is 1.07 bits per heavy atom. The zero-order valence-corrected chi connectivity index (χ0v) is 15.9. The highest BCUT2D eigenvalue weighted by atomic mass is 16.2. The highest BCUT2D eigenvalue weighted by molar-refractivity contribution is 6.05. The number of amides is 2. The molecule has 2 heterocycles. The largest absolute Gasteiger partial charge is 0.370 e. The zero-order chi connectivity index (χ0) is 20.2. The van der Waals surface area contributed by atoms with Gasteiger partial charge in [0.05, 0.1) is 24.1 Å². The number of benzene rings is 2. The normalized spacial score (nSPS) is 13.4. The lowest BCUT2D eigenvalue weighted by molar-refractivity contribution is 0.0995. The van der Waals surface area contributed by atoms with Crippen molar-refractivity contribution in [3.63, 3.8) is 0 Å². The number of nitrogens with zero attached hydrogens (tertiary/aromatic N) is 4. The van der Waals surface area contributed by atoms with Crippen LogP contribution in [0.1, 0.15) is 39.3 Å². The molecule has 0 aliphatic carbocycles. The molecular formula is C21H22N6O2. The van der Waals surface area contributed by atoms with E-state index in [4.69, 9.17) is 5.73 Å². The van der Waals surface area contributed by atoms with Gasteiger partial charge in [0.1, 0.15) is 0 Å². The maximum Gasteiger partial charge on any atom is 0.277 e. The lowest BCUT2D eigenvalue weighted by atomic mass is 10.1. The summed E-state index contributed by atoms with van der Waals surface area (Å²) in [4.78, 5) is 26.5.